The first-order valence-electron chi connectivity index (χ1n) is 9.97. The van der Waals surface area contributed by atoms with Gasteiger partial charge in [0.25, 0.3) is 15.9 Å². The number of sulfonamides is 1. The van der Waals surface area contributed by atoms with E-state index in [9.17, 15) is 13.2 Å². The number of halogens is 1. The molecule has 3 aromatic carbocycles. The third kappa shape index (κ3) is 4.96. The van der Waals surface area contributed by atoms with E-state index in [2.05, 4.69) is 31.4 Å². The summed E-state index contributed by atoms with van der Waals surface area (Å²) in [6.45, 7) is 2.03. The summed E-state index contributed by atoms with van der Waals surface area (Å²) in [7, 11) is -3.78. The third-order valence-electron chi connectivity index (χ3n) is 4.77. The van der Waals surface area contributed by atoms with Crippen molar-refractivity contribution in [3.63, 3.8) is 0 Å². The first-order valence-corrected chi connectivity index (χ1v) is 12.2. The molecule has 0 spiro atoms. The Bertz CT molecular complexity index is 1360. The summed E-state index contributed by atoms with van der Waals surface area (Å²) >= 11 is 3.36. The summed E-state index contributed by atoms with van der Waals surface area (Å²) in [6, 6.07) is 21.7. The van der Waals surface area contributed by atoms with Crippen LogP contribution in [0.1, 0.15) is 17.3 Å². The first kappa shape index (κ1) is 22.7. The van der Waals surface area contributed by atoms with Crippen LogP contribution in [0, 0.1) is 0 Å². The Morgan fingerprint density at radius 2 is 1.64 bits per heavy atom. The summed E-state index contributed by atoms with van der Waals surface area (Å²) in [4.78, 5) is 12.7. The Labute approximate surface area is 199 Å². The van der Waals surface area contributed by atoms with Crippen molar-refractivity contribution in [2.75, 3.05) is 16.2 Å². The average molecular weight is 527 g/mol. The lowest BCUT2D eigenvalue weighted by Crippen LogP contribution is -2.30. The Kier molecular flexibility index (Phi) is 6.57. The molecule has 0 bridgehead atoms. The highest BCUT2D eigenvalue weighted by Gasteiger charge is 2.24. The Morgan fingerprint density at radius 3 is 2.27 bits per heavy atom. The Hall–Kier alpha value is -3.50. The second-order valence-corrected chi connectivity index (χ2v) is 9.68. The molecular formula is C23H19BrN4O4S. The lowest BCUT2D eigenvalue weighted by atomic mass is 10.2. The Balaban J connectivity index is 1.49. The van der Waals surface area contributed by atoms with Gasteiger partial charge in [-0.2, -0.15) is 0 Å². The number of rotatable bonds is 7. The summed E-state index contributed by atoms with van der Waals surface area (Å²) in [5.74, 6) is -0.236. The minimum Gasteiger partial charge on any atom is -0.403 e. The molecule has 0 saturated carbocycles. The van der Waals surface area contributed by atoms with E-state index in [0.29, 0.717) is 11.3 Å². The van der Waals surface area contributed by atoms with Crippen molar-refractivity contribution in [1.82, 2.24) is 10.2 Å². The van der Waals surface area contributed by atoms with Gasteiger partial charge in [-0.05, 0) is 67.6 Å². The van der Waals surface area contributed by atoms with Crippen LogP contribution in [-0.2, 0) is 10.0 Å². The number of amides is 1. The van der Waals surface area contributed by atoms with Crippen LogP contribution >= 0.6 is 15.9 Å². The van der Waals surface area contributed by atoms with Crippen LogP contribution in [0.4, 0.5) is 11.7 Å². The molecule has 0 saturated heterocycles. The van der Waals surface area contributed by atoms with Crippen molar-refractivity contribution in [1.29, 1.82) is 0 Å². The van der Waals surface area contributed by atoms with Crippen LogP contribution in [0.5, 0.6) is 0 Å². The van der Waals surface area contributed by atoms with E-state index in [1.165, 1.54) is 28.6 Å². The van der Waals surface area contributed by atoms with Gasteiger partial charge in [-0.15, -0.1) is 5.10 Å². The van der Waals surface area contributed by atoms with E-state index in [1.807, 2.05) is 18.2 Å². The molecule has 4 rings (SSSR count). The van der Waals surface area contributed by atoms with Crippen molar-refractivity contribution in [2.45, 2.75) is 11.8 Å². The van der Waals surface area contributed by atoms with E-state index in [1.54, 1.807) is 43.3 Å². The van der Waals surface area contributed by atoms with Crippen LogP contribution in [0.2, 0.25) is 0 Å². The zero-order valence-corrected chi connectivity index (χ0v) is 19.9. The van der Waals surface area contributed by atoms with E-state index < -0.39 is 15.9 Å². The predicted molar refractivity (Wildman–Crippen MR) is 128 cm³/mol. The largest absolute Gasteiger partial charge is 0.403 e. The minimum atomic E-state index is -3.78. The molecule has 0 unspecified atom stereocenters. The number of nitrogens with zero attached hydrogens (tertiary/aromatic N) is 3. The number of carbonyl (C=O) groups excluding carboxylic acids is 1. The minimum absolute atomic E-state index is 0.0594. The van der Waals surface area contributed by atoms with Crippen molar-refractivity contribution >= 4 is 43.6 Å². The Morgan fingerprint density at radius 1 is 0.970 bits per heavy atom. The molecular weight excluding hydrogens is 508 g/mol. The zero-order chi connectivity index (χ0) is 23.4. The maximum Gasteiger partial charge on any atom is 0.322 e. The second kappa shape index (κ2) is 9.55. The van der Waals surface area contributed by atoms with Crippen LogP contribution < -0.4 is 9.62 Å². The van der Waals surface area contributed by atoms with Gasteiger partial charge in [-0.3, -0.25) is 14.4 Å². The third-order valence-corrected chi connectivity index (χ3v) is 7.22. The lowest BCUT2D eigenvalue weighted by Gasteiger charge is -2.22. The monoisotopic (exact) mass is 526 g/mol. The molecule has 0 fully saturated rings. The summed E-state index contributed by atoms with van der Waals surface area (Å²) in [5, 5.41) is 10.3. The summed E-state index contributed by atoms with van der Waals surface area (Å²) < 4.78 is 33.9. The quantitative estimate of drug-likeness (QED) is 0.364. The number of hydrogen-bond acceptors (Lipinski definition) is 6. The molecule has 1 heterocycles. The highest BCUT2D eigenvalue weighted by Crippen LogP contribution is 2.24. The van der Waals surface area contributed by atoms with Gasteiger partial charge < -0.3 is 4.42 Å². The maximum atomic E-state index is 13.1. The van der Waals surface area contributed by atoms with Crippen LogP contribution in [0.3, 0.4) is 0 Å². The molecule has 10 heteroatoms. The second-order valence-electron chi connectivity index (χ2n) is 6.90. The fourth-order valence-electron chi connectivity index (χ4n) is 3.14. The predicted octanol–water partition coefficient (Wildman–Crippen LogP) is 4.97. The summed E-state index contributed by atoms with van der Waals surface area (Å²) in [6.07, 6.45) is 0. The summed E-state index contributed by atoms with van der Waals surface area (Å²) in [5.41, 5.74) is 1.53. The molecule has 33 heavy (non-hydrogen) atoms. The van der Waals surface area contributed by atoms with Gasteiger partial charge in [0.2, 0.25) is 5.89 Å². The number of carbonyl (C=O) groups is 1. The van der Waals surface area contributed by atoms with Crippen LogP contribution in [-0.4, -0.2) is 31.1 Å². The van der Waals surface area contributed by atoms with Crippen molar-refractivity contribution in [3.8, 4) is 11.5 Å². The smallest absolute Gasteiger partial charge is 0.322 e. The molecule has 0 aliphatic carbocycles. The molecule has 1 amide bonds. The lowest BCUT2D eigenvalue weighted by molar-refractivity contribution is 0.102. The standard InChI is InChI=1S/C23H19BrN4O4S/c1-2-28(19-6-4-3-5-7-19)33(30,31)20-14-10-16(11-15-20)21(29)25-23-27-26-22(32-23)17-8-12-18(24)13-9-17/h3-15H,2H2,1H3,(H,25,27,29). The van der Waals surface area contributed by atoms with E-state index in [4.69, 9.17) is 4.42 Å². The number of nitrogens with one attached hydrogen (secondary N) is 1. The number of aromatic nitrogens is 2. The molecule has 8 nitrogen and oxygen atoms in total. The SMILES string of the molecule is CCN(c1ccccc1)S(=O)(=O)c1ccc(C(=O)Nc2nnc(-c3ccc(Br)cc3)o2)cc1. The van der Waals surface area contributed by atoms with Gasteiger partial charge in [0.1, 0.15) is 0 Å². The number of anilines is 2. The van der Waals surface area contributed by atoms with E-state index >= 15 is 0 Å². The van der Waals surface area contributed by atoms with Gasteiger partial charge in [0.15, 0.2) is 0 Å². The molecule has 4 aromatic rings. The number of para-hydroxylation sites is 1. The first-order chi connectivity index (χ1) is 15.9. The molecule has 0 aliphatic heterocycles. The molecule has 0 radical (unpaired) electrons. The van der Waals surface area contributed by atoms with Gasteiger partial charge in [0.05, 0.1) is 10.6 Å². The van der Waals surface area contributed by atoms with Crippen molar-refractivity contribution in [3.05, 3.63) is 88.9 Å². The fraction of sp³-hybridized carbons (Fsp3) is 0.0870. The fourth-order valence-corrected chi connectivity index (χ4v) is 4.88. The van der Waals surface area contributed by atoms with Gasteiger partial charge in [0, 0.05) is 22.1 Å². The van der Waals surface area contributed by atoms with Gasteiger partial charge in [-0.1, -0.05) is 39.2 Å². The highest BCUT2D eigenvalue weighted by molar-refractivity contribution is 9.10. The van der Waals surface area contributed by atoms with Crippen molar-refractivity contribution < 1.29 is 17.6 Å². The molecule has 1 N–H and O–H groups in total. The van der Waals surface area contributed by atoms with Crippen LogP contribution in [0.25, 0.3) is 11.5 Å². The van der Waals surface area contributed by atoms with Crippen molar-refractivity contribution in [2.24, 2.45) is 0 Å². The van der Waals surface area contributed by atoms with E-state index in [-0.39, 0.29) is 28.9 Å². The normalized spacial score (nSPS) is 11.2. The van der Waals surface area contributed by atoms with E-state index in [0.717, 1.165) is 4.47 Å². The molecule has 168 valence electrons. The molecule has 0 aliphatic rings. The topological polar surface area (TPSA) is 105 Å². The maximum absolute atomic E-state index is 13.1. The van der Waals surface area contributed by atoms with Crippen LogP contribution in [0.15, 0.2) is 92.6 Å². The number of benzene rings is 3. The average Bonchev–Trinajstić information content (AvgIpc) is 3.29. The van der Waals surface area contributed by atoms with Gasteiger partial charge >= 0.3 is 6.01 Å². The number of hydrogen-bond donors (Lipinski definition) is 1. The molecule has 0 atom stereocenters. The molecule has 1 aromatic heterocycles. The zero-order valence-electron chi connectivity index (χ0n) is 17.5. The highest BCUT2D eigenvalue weighted by atomic mass is 79.9. The van der Waals surface area contributed by atoms with Gasteiger partial charge in [-0.25, -0.2) is 8.42 Å².